The van der Waals surface area contributed by atoms with Crippen molar-refractivity contribution in [2.45, 2.75) is 54.4 Å². The Hall–Kier alpha value is -0.957. The number of nitrogens with zero attached hydrogens (tertiary/aromatic N) is 2. The zero-order valence-corrected chi connectivity index (χ0v) is 17.4. The van der Waals surface area contributed by atoms with Crippen LogP contribution < -0.4 is 0 Å². The Morgan fingerprint density at radius 2 is 1.05 bits per heavy atom. The summed E-state index contributed by atoms with van der Waals surface area (Å²) in [6.45, 7) is 12.9. The largest absolute Gasteiger partial charge is 0.513 e. The van der Waals surface area contributed by atoms with Crippen molar-refractivity contribution >= 4 is 11.4 Å². The average Bonchev–Trinajstić information content (AvgIpc) is 2.33. The predicted molar refractivity (Wildman–Crippen MR) is 89.3 cm³/mol. The van der Waals surface area contributed by atoms with Gasteiger partial charge in [-0.1, -0.05) is 13.8 Å². The molecule has 0 heterocycles. The summed E-state index contributed by atoms with van der Waals surface area (Å²) in [6, 6.07) is 0. The molecule has 0 aliphatic heterocycles. The van der Waals surface area contributed by atoms with Crippen molar-refractivity contribution in [2.75, 3.05) is 13.1 Å². The third kappa shape index (κ3) is 24.4. The number of rotatable bonds is 6. The minimum absolute atomic E-state index is 0. The quantitative estimate of drug-likeness (QED) is 0.418. The molecule has 0 amide bonds. The van der Waals surface area contributed by atoms with Crippen LogP contribution in [-0.2, 0) is 19.5 Å². The van der Waals surface area contributed by atoms with E-state index in [4.69, 9.17) is 10.2 Å². The van der Waals surface area contributed by atoms with Crippen LogP contribution in [0.1, 0.15) is 54.4 Å². The van der Waals surface area contributed by atoms with E-state index in [1.807, 2.05) is 13.8 Å². The molecule has 0 rings (SSSR count). The van der Waals surface area contributed by atoms with Gasteiger partial charge in [0.05, 0.1) is 11.5 Å². The Bertz CT molecular complexity index is 328. The minimum Gasteiger partial charge on any atom is -0.513 e. The maximum atomic E-state index is 8.80. The molecule has 0 aromatic heterocycles. The summed E-state index contributed by atoms with van der Waals surface area (Å²) in [5, 5.41) is 17.6. The molecule has 0 fully saturated rings. The smallest absolute Gasteiger partial charge is 0.0909 e. The Morgan fingerprint density at radius 1 is 0.762 bits per heavy atom. The van der Waals surface area contributed by atoms with E-state index >= 15 is 0 Å². The van der Waals surface area contributed by atoms with E-state index in [-0.39, 0.29) is 19.5 Å². The molecule has 0 saturated carbocycles. The molecule has 0 radical (unpaired) electrons. The van der Waals surface area contributed by atoms with Gasteiger partial charge in [-0.2, -0.15) is 0 Å². The van der Waals surface area contributed by atoms with E-state index in [1.54, 1.807) is 26.0 Å². The molecule has 118 valence electrons. The summed E-state index contributed by atoms with van der Waals surface area (Å²) >= 11 is 0. The number of hydrogen-bond donors (Lipinski definition) is 2. The van der Waals surface area contributed by atoms with E-state index < -0.39 is 0 Å². The second-order valence-corrected chi connectivity index (χ2v) is 4.62. The molecule has 0 aliphatic carbocycles. The third-order valence-electron chi connectivity index (χ3n) is 2.01. The first-order valence-corrected chi connectivity index (χ1v) is 7.10. The van der Waals surface area contributed by atoms with Gasteiger partial charge in [0.15, 0.2) is 0 Å². The summed E-state index contributed by atoms with van der Waals surface area (Å²) in [5.41, 5.74) is 1.78. The molecule has 0 unspecified atom stereocenters. The summed E-state index contributed by atoms with van der Waals surface area (Å²) in [5.74, 6) is 0.634. The molecular weight excluding hydrogens is 318 g/mol. The Labute approximate surface area is 142 Å². The van der Waals surface area contributed by atoms with Crippen molar-refractivity contribution in [3.63, 3.8) is 0 Å². The third-order valence-corrected chi connectivity index (χ3v) is 2.01. The van der Waals surface area contributed by atoms with Crippen LogP contribution in [0.2, 0.25) is 0 Å². The van der Waals surface area contributed by atoms with Crippen LogP contribution in [0.15, 0.2) is 33.7 Å². The zero-order valence-electron chi connectivity index (χ0n) is 14.5. The predicted octanol–water partition coefficient (Wildman–Crippen LogP) is 4.64. The van der Waals surface area contributed by atoms with Crippen molar-refractivity contribution in [3.8, 4) is 0 Å². The standard InChI is InChI=1S/2C8H15NO.Zn/c2*1-4-5-9-7(2)6-8(3)10;/h2*6,10H,4-5H2,1-3H3;/b2*8-6-,9-7?;. The van der Waals surface area contributed by atoms with Gasteiger partial charge in [0.2, 0.25) is 0 Å². The van der Waals surface area contributed by atoms with Crippen LogP contribution in [0.3, 0.4) is 0 Å². The SMILES string of the molecule is CCCN=C(C)/C=C(/C)O.CCCN=C(C)/C=C(/C)O.[Zn]. The number of aliphatic hydroxyl groups excluding tert-OH is 2. The normalized spacial score (nSPS) is 13.2. The molecule has 0 saturated heterocycles. The van der Waals surface area contributed by atoms with Crippen LogP contribution in [0.25, 0.3) is 0 Å². The van der Waals surface area contributed by atoms with Gasteiger partial charge in [-0.3, -0.25) is 9.98 Å². The van der Waals surface area contributed by atoms with Gasteiger partial charge in [0.25, 0.3) is 0 Å². The average molecular weight is 348 g/mol. The van der Waals surface area contributed by atoms with Crippen molar-refractivity contribution in [1.82, 2.24) is 0 Å². The van der Waals surface area contributed by atoms with E-state index in [0.717, 1.165) is 37.4 Å². The molecule has 0 aromatic carbocycles. The maximum Gasteiger partial charge on any atom is 0.0909 e. The molecular formula is C16H30N2O2Zn. The van der Waals surface area contributed by atoms with E-state index in [0.29, 0.717) is 11.5 Å². The van der Waals surface area contributed by atoms with Crippen LogP contribution in [0.4, 0.5) is 0 Å². The van der Waals surface area contributed by atoms with Gasteiger partial charge >= 0.3 is 0 Å². The molecule has 5 heteroatoms. The summed E-state index contributed by atoms with van der Waals surface area (Å²) in [4.78, 5) is 8.33. The second-order valence-electron chi connectivity index (χ2n) is 4.62. The van der Waals surface area contributed by atoms with Crippen molar-refractivity contribution in [2.24, 2.45) is 9.98 Å². The molecule has 0 bridgehead atoms. The van der Waals surface area contributed by atoms with Gasteiger partial charge in [-0.25, -0.2) is 0 Å². The Kier molecular flexibility index (Phi) is 20.4. The molecule has 0 atom stereocenters. The fourth-order valence-corrected chi connectivity index (χ4v) is 1.27. The first-order valence-electron chi connectivity index (χ1n) is 7.10. The molecule has 21 heavy (non-hydrogen) atoms. The number of allylic oxidation sites excluding steroid dienone is 4. The fourth-order valence-electron chi connectivity index (χ4n) is 1.27. The summed E-state index contributed by atoms with van der Waals surface area (Å²) in [7, 11) is 0. The monoisotopic (exact) mass is 346 g/mol. The van der Waals surface area contributed by atoms with Crippen molar-refractivity contribution in [3.05, 3.63) is 23.7 Å². The topological polar surface area (TPSA) is 65.2 Å². The van der Waals surface area contributed by atoms with E-state index in [1.165, 1.54) is 0 Å². The van der Waals surface area contributed by atoms with Crippen molar-refractivity contribution in [1.29, 1.82) is 0 Å². The molecule has 2 N–H and O–H groups in total. The molecule has 4 nitrogen and oxygen atoms in total. The van der Waals surface area contributed by atoms with Gasteiger partial charge < -0.3 is 10.2 Å². The Balaban J connectivity index is -0.000000295. The first-order chi connectivity index (χ1) is 9.33. The van der Waals surface area contributed by atoms with Crippen molar-refractivity contribution < 1.29 is 29.7 Å². The molecule has 0 aliphatic rings. The van der Waals surface area contributed by atoms with E-state index in [2.05, 4.69) is 23.8 Å². The van der Waals surface area contributed by atoms with Gasteiger partial charge in [-0.05, 0) is 52.7 Å². The van der Waals surface area contributed by atoms with Gasteiger partial charge in [-0.15, -0.1) is 0 Å². The summed E-state index contributed by atoms with van der Waals surface area (Å²) < 4.78 is 0. The number of hydrogen-bond acceptors (Lipinski definition) is 4. The van der Waals surface area contributed by atoms with E-state index in [9.17, 15) is 0 Å². The maximum absolute atomic E-state index is 8.80. The van der Waals surface area contributed by atoms with Gasteiger partial charge in [0, 0.05) is 44.0 Å². The fraction of sp³-hybridized carbons (Fsp3) is 0.625. The zero-order chi connectivity index (χ0) is 16.0. The van der Waals surface area contributed by atoms with Crippen LogP contribution in [-0.4, -0.2) is 34.7 Å². The van der Waals surface area contributed by atoms with Gasteiger partial charge in [0.1, 0.15) is 0 Å². The van der Waals surface area contributed by atoms with Crippen LogP contribution >= 0.6 is 0 Å². The van der Waals surface area contributed by atoms with Crippen LogP contribution in [0, 0.1) is 0 Å². The molecule has 0 spiro atoms. The molecule has 0 aromatic rings. The second kappa shape index (κ2) is 17.1. The minimum atomic E-state index is 0. The number of aliphatic hydroxyl groups is 2. The summed E-state index contributed by atoms with van der Waals surface area (Å²) in [6.07, 6.45) is 5.43. The number of aliphatic imine (C=N–C) groups is 2. The van der Waals surface area contributed by atoms with Crippen LogP contribution in [0.5, 0.6) is 0 Å². The first kappa shape index (κ1) is 25.0. The Morgan fingerprint density at radius 3 is 1.24 bits per heavy atom.